The third-order valence-corrected chi connectivity index (χ3v) is 6.47. The van der Waals surface area contributed by atoms with Crippen molar-refractivity contribution in [3.8, 4) is 0 Å². The molecule has 0 spiro atoms. The number of carboxylic acids is 1. The first-order valence-corrected chi connectivity index (χ1v) is 11.6. The van der Waals surface area contributed by atoms with Crippen LogP contribution in [0.5, 0.6) is 0 Å². The third kappa shape index (κ3) is 6.38. The molecule has 1 N–H and O–H groups in total. The molecule has 3 aromatic rings. The van der Waals surface area contributed by atoms with Crippen molar-refractivity contribution in [1.29, 1.82) is 0 Å². The van der Waals surface area contributed by atoms with E-state index < -0.39 is 16.7 Å². The Morgan fingerprint density at radius 2 is 1.68 bits per heavy atom. The summed E-state index contributed by atoms with van der Waals surface area (Å²) in [7, 11) is 0. The molecular formula is C23H24N2O4S2. The van der Waals surface area contributed by atoms with Crippen molar-refractivity contribution in [2.45, 2.75) is 41.5 Å². The number of thioether (sulfide) groups is 2. The molecule has 6 nitrogen and oxygen atoms in total. The predicted octanol–water partition coefficient (Wildman–Crippen LogP) is 4.97. The lowest BCUT2D eigenvalue weighted by atomic mass is 10.2. The normalized spacial score (nSPS) is 11.3. The summed E-state index contributed by atoms with van der Waals surface area (Å²) in [5.41, 5.74) is 2.37. The standard InChI is InChI=1S/C23H24N2O4S2/c1-23(2,22(27)28)31-20-10-6-18(7-11-20)21(26)29-15-17-12-24-25(14-17)13-16-4-8-19(30-3)9-5-16/h4-12,14H,13,15H2,1-3H3,(H,27,28). The summed E-state index contributed by atoms with van der Waals surface area (Å²) in [4.78, 5) is 25.6. The van der Waals surface area contributed by atoms with Crippen LogP contribution in [-0.4, -0.2) is 37.8 Å². The van der Waals surface area contributed by atoms with Gasteiger partial charge in [-0.1, -0.05) is 12.1 Å². The summed E-state index contributed by atoms with van der Waals surface area (Å²) in [6.45, 7) is 4.06. The molecule has 0 aliphatic rings. The van der Waals surface area contributed by atoms with Gasteiger partial charge in [-0.25, -0.2) is 4.79 Å². The smallest absolute Gasteiger partial charge is 0.338 e. The fourth-order valence-electron chi connectivity index (χ4n) is 2.71. The second kappa shape index (κ2) is 10.1. The lowest BCUT2D eigenvalue weighted by Gasteiger charge is -2.18. The van der Waals surface area contributed by atoms with Crippen molar-refractivity contribution in [2.24, 2.45) is 0 Å². The highest BCUT2D eigenvalue weighted by Crippen LogP contribution is 2.32. The van der Waals surface area contributed by atoms with Gasteiger partial charge in [0.1, 0.15) is 11.4 Å². The van der Waals surface area contributed by atoms with Gasteiger partial charge >= 0.3 is 11.9 Å². The predicted molar refractivity (Wildman–Crippen MR) is 123 cm³/mol. The van der Waals surface area contributed by atoms with Crippen LogP contribution in [0.2, 0.25) is 0 Å². The van der Waals surface area contributed by atoms with E-state index in [1.54, 1.807) is 56.1 Å². The summed E-state index contributed by atoms with van der Waals surface area (Å²) < 4.78 is 6.26. The Bertz CT molecular complexity index is 1040. The highest BCUT2D eigenvalue weighted by Gasteiger charge is 2.28. The van der Waals surface area contributed by atoms with E-state index >= 15 is 0 Å². The Hall–Kier alpha value is -2.71. The number of aliphatic carboxylic acids is 1. The molecule has 8 heteroatoms. The molecule has 0 fully saturated rings. The van der Waals surface area contributed by atoms with E-state index in [1.807, 2.05) is 17.1 Å². The molecule has 0 atom stereocenters. The fourth-order valence-corrected chi connectivity index (χ4v) is 4.07. The van der Waals surface area contributed by atoms with E-state index in [0.717, 1.165) is 16.0 Å². The maximum Gasteiger partial charge on any atom is 0.338 e. The van der Waals surface area contributed by atoms with Crippen molar-refractivity contribution >= 4 is 35.5 Å². The van der Waals surface area contributed by atoms with Gasteiger partial charge < -0.3 is 9.84 Å². The van der Waals surface area contributed by atoms with E-state index in [1.165, 1.54) is 16.7 Å². The average Bonchev–Trinajstić information content (AvgIpc) is 3.20. The SMILES string of the molecule is CSc1ccc(Cn2cc(COC(=O)c3ccc(SC(C)(C)C(=O)O)cc3)cn2)cc1. The Morgan fingerprint density at radius 3 is 2.29 bits per heavy atom. The second-order valence-electron chi connectivity index (χ2n) is 7.41. The van der Waals surface area contributed by atoms with E-state index in [0.29, 0.717) is 12.1 Å². The molecule has 0 unspecified atom stereocenters. The van der Waals surface area contributed by atoms with Crippen LogP contribution in [0, 0.1) is 0 Å². The lowest BCUT2D eigenvalue weighted by molar-refractivity contribution is -0.138. The average molecular weight is 457 g/mol. The van der Waals surface area contributed by atoms with Gasteiger partial charge in [-0.2, -0.15) is 5.10 Å². The molecule has 31 heavy (non-hydrogen) atoms. The minimum atomic E-state index is -0.945. The molecule has 0 aliphatic carbocycles. The van der Waals surface area contributed by atoms with E-state index in [4.69, 9.17) is 4.74 Å². The summed E-state index contributed by atoms with van der Waals surface area (Å²) in [6.07, 6.45) is 5.60. The topological polar surface area (TPSA) is 81.4 Å². The Morgan fingerprint density at radius 1 is 1.03 bits per heavy atom. The van der Waals surface area contributed by atoms with Crippen molar-refractivity contribution in [1.82, 2.24) is 9.78 Å². The number of hydrogen-bond acceptors (Lipinski definition) is 6. The number of aromatic nitrogens is 2. The number of carbonyl (C=O) groups is 2. The van der Waals surface area contributed by atoms with Crippen LogP contribution in [-0.2, 0) is 22.7 Å². The molecule has 0 saturated carbocycles. The number of hydrogen-bond donors (Lipinski definition) is 1. The first-order valence-electron chi connectivity index (χ1n) is 9.61. The van der Waals surface area contributed by atoms with Crippen LogP contribution in [0.1, 0.15) is 35.3 Å². The molecule has 3 rings (SSSR count). The number of carboxylic acid groups (broad SMARTS) is 1. The fraction of sp³-hybridized carbons (Fsp3) is 0.261. The van der Waals surface area contributed by atoms with Crippen molar-refractivity contribution in [3.63, 3.8) is 0 Å². The highest BCUT2D eigenvalue weighted by molar-refractivity contribution is 8.01. The van der Waals surface area contributed by atoms with Gasteiger partial charge in [-0.05, 0) is 62.1 Å². The molecule has 1 aromatic heterocycles. The number of nitrogens with zero attached hydrogens (tertiary/aromatic N) is 2. The van der Waals surface area contributed by atoms with Gasteiger partial charge in [0.15, 0.2) is 0 Å². The van der Waals surface area contributed by atoms with Gasteiger partial charge in [0.05, 0.1) is 18.3 Å². The monoisotopic (exact) mass is 456 g/mol. The van der Waals surface area contributed by atoms with Gasteiger partial charge in [0.25, 0.3) is 0 Å². The van der Waals surface area contributed by atoms with Crippen LogP contribution in [0.3, 0.4) is 0 Å². The van der Waals surface area contributed by atoms with Crippen LogP contribution in [0.15, 0.2) is 70.7 Å². The molecule has 0 radical (unpaired) electrons. The highest BCUT2D eigenvalue weighted by atomic mass is 32.2. The Kier molecular flexibility index (Phi) is 7.46. The van der Waals surface area contributed by atoms with Gasteiger partial charge in [-0.3, -0.25) is 9.48 Å². The van der Waals surface area contributed by atoms with E-state index in [9.17, 15) is 14.7 Å². The number of benzene rings is 2. The summed E-state index contributed by atoms with van der Waals surface area (Å²) in [5, 5.41) is 13.6. The molecule has 0 amide bonds. The zero-order valence-corrected chi connectivity index (χ0v) is 19.2. The van der Waals surface area contributed by atoms with E-state index in [-0.39, 0.29) is 6.61 Å². The molecule has 1 heterocycles. The van der Waals surface area contributed by atoms with E-state index in [2.05, 4.69) is 29.4 Å². The van der Waals surface area contributed by atoms with Crippen LogP contribution in [0.4, 0.5) is 0 Å². The summed E-state index contributed by atoms with van der Waals surface area (Å²) in [5.74, 6) is -1.33. The molecule has 162 valence electrons. The van der Waals surface area contributed by atoms with Crippen LogP contribution in [0.25, 0.3) is 0 Å². The third-order valence-electron chi connectivity index (χ3n) is 4.54. The number of esters is 1. The maximum atomic E-state index is 12.3. The Labute approximate surface area is 190 Å². The summed E-state index contributed by atoms with van der Waals surface area (Å²) in [6, 6.07) is 15.1. The minimum absolute atomic E-state index is 0.132. The molecular weight excluding hydrogens is 432 g/mol. The molecule has 2 aromatic carbocycles. The maximum absolute atomic E-state index is 12.3. The number of rotatable bonds is 9. The van der Waals surface area contributed by atoms with Gasteiger partial charge in [0.2, 0.25) is 0 Å². The number of carbonyl (C=O) groups excluding carboxylic acids is 1. The van der Waals surface area contributed by atoms with Crippen molar-refractivity contribution < 1.29 is 19.4 Å². The lowest BCUT2D eigenvalue weighted by Crippen LogP contribution is -2.26. The number of ether oxygens (including phenoxy) is 1. The van der Waals surface area contributed by atoms with Crippen LogP contribution < -0.4 is 0 Å². The second-order valence-corrected chi connectivity index (χ2v) is 9.99. The van der Waals surface area contributed by atoms with Gasteiger partial charge in [0, 0.05) is 21.6 Å². The first-order chi connectivity index (χ1) is 14.8. The molecule has 0 bridgehead atoms. The first kappa shape index (κ1) is 23.0. The minimum Gasteiger partial charge on any atom is -0.480 e. The van der Waals surface area contributed by atoms with Crippen molar-refractivity contribution in [2.75, 3.05) is 6.26 Å². The quantitative estimate of drug-likeness (QED) is 0.360. The summed E-state index contributed by atoms with van der Waals surface area (Å²) >= 11 is 2.93. The van der Waals surface area contributed by atoms with Crippen molar-refractivity contribution in [3.05, 3.63) is 77.6 Å². The molecule has 0 aliphatic heterocycles. The zero-order chi connectivity index (χ0) is 22.4. The van der Waals surface area contributed by atoms with Gasteiger partial charge in [-0.15, -0.1) is 23.5 Å². The zero-order valence-electron chi connectivity index (χ0n) is 17.6. The Balaban J connectivity index is 1.53. The molecule has 0 saturated heterocycles. The largest absolute Gasteiger partial charge is 0.480 e. The van der Waals surface area contributed by atoms with Crippen LogP contribution >= 0.6 is 23.5 Å².